The van der Waals surface area contributed by atoms with E-state index >= 15 is 0 Å². The van der Waals surface area contributed by atoms with Gasteiger partial charge in [-0.25, -0.2) is 4.39 Å². The zero-order chi connectivity index (χ0) is 20.8. The minimum atomic E-state index is -0.226. The van der Waals surface area contributed by atoms with Gasteiger partial charge in [0.15, 0.2) is 6.61 Å². The third-order valence-electron chi connectivity index (χ3n) is 5.50. The van der Waals surface area contributed by atoms with Gasteiger partial charge in [-0.1, -0.05) is 36.4 Å². The molecule has 154 valence electrons. The third kappa shape index (κ3) is 5.23. The van der Waals surface area contributed by atoms with Crippen LogP contribution >= 0.6 is 0 Å². The highest BCUT2D eigenvalue weighted by atomic mass is 19.1. The number of likely N-dealkylation sites (tertiary alicyclic amines) is 1. The smallest absolute Gasteiger partial charge is 0.260 e. The molecule has 1 fully saturated rings. The van der Waals surface area contributed by atoms with Crippen LogP contribution in [0.1, 0.15) is 35.7 Å². The largest absolute Gasteiger partial charge is 0.484 e. The Kier molecular flexibility index (Phi) is 6.38. The molecule has 1 amide bonds. The standard InChI is InChI=1S/C25H25FN2O2/c26-21-11-9-19(10-12-21)17-22-5-4-8-24(27-22)20-13-15-28(16-14-20)25(29)18-30-23-6-2-1-3-7-23/h1-12,20H,13-18H2. The molecular formula is C25H25FN2O2. The van der Waals surface area contributed by atoms with Gasteiger partial charge in [0, 0.05) is 36.8 Å². The lowest BCUT2D eigenvalue weighted by molar-refractivity contribution is -0.134. The molecule has 4 nitrogen and oxygen atoms in total. The van der Waals surface area contributed by atoms with E-state index in [0.29, 0.717) is 31.2 Å². The van der Waals surface area contributed by atoms with Crippen molar-refractivity contribution in [2.45, 2.75) is 25.2 Å². The average molecular weight is 404 g/mol. The van der Waals surface area contributed by atoms with Crippen LogP contribution in [-0.4, -0.2) is 35.5 Å². The molecule has 0 unspecified atom stereocenters. The van der Waals surface area contributed by atoms with E-state index in [9.17, 15) is 9.18 Å². The Bertz CT molecular complexity index is 968. The van der Waals surface area contributed by atoms with Crippen LogP contribution in [0.25, 0.3) is 0 Å². The van der Waals surface area contributed by atoms with Crippen molar-refractivity contribution in [2.24, 2.45) is 0 Å². The van der Waals surface area contributed by atoms with Crippen molar-refractivity contribution in [3.8, 4) is 5.75 Å². The van der Waals surface area contributed by atoms with Crippen LogP contribution in [0.15, 0.2) is 72.8 Å². The number of nitrogens with zero attached hydrogens (tertiary/aromatic N) is 2. The Hall–Kier alpha value is -3.21. The van der Waals surface area contributed by atoms with Gasteiger partial charge in [-0.3, -0.25) is 9.78 Å². The Morgan fingerprint density at radius 2 is 1.70 bits per heavy atom. The number of benzene rings is 2. The van der Waals surface area contributed by atoms with Crippen molar-refractivity contribution in [1.82, 2.24) is 9.88 Å². The maximum atomic E-state index is 13.1. The van der Waals surface area contributed by atoms with E-state index in [1.807, 2.05) is 47.4 Å². The van der Waals surface area contributed by atoms with Gasteiger partial charge in [-0.2, -0.15) is 0 Å². The summed E-state index contributed by atoms with van der Waals surface area (Å²) < 4.78 is 18.7. The number of carbonyl (C=O) groups excluding carboxylic acids is 1. The predicted molar refractivity (Wildman–Crippen MR) is 114 cm³/mol. The second kappa shape index (κ2) is 9.53. The highest BCUT2D eigenvalue weighted by Gasteiger charge is 2.25. The van der Waals surface area contributed by atoms with Gasteiger partial charge in [0.05, 0.1) is 0 Å². The summed E-state index contributed by atoms with van der Waals surface area (Å²) >= 11 is 0. The van der Waals surface area contributed by atoms with E-state index in [4.69, 9.17) is 9.72 Å². The number of amides is 1. The number of hydrogen-bond donors (Lipinski definition) is 0. The van der Waals surface area contributed by atoms with E-state index in [1.165, 1.54) is 12.1 Å². The van der Waals surface area contributed by atoms with Gasteiger partial charge >= 0.3 is 0 Å². The minimum Gasteiger partial charge on any atom is -0.484 e. The zero-order valence-electron chi connectivity index (χ0n) is 16.8. The van der Waals surface area contributed by atoms with E-state index in [1.54, 1.807) is 12.1 Å². The van der Waals surface area contributed by atoms with Crippen LogP contribution in [0, 0.1) is 5.82 Å². The Labute approximate surface area is 176 Å². The van der Waals surface area contributed by atoms with Crippen molar-refractivity contribution in [3.05, 3.63) is 95.6 Å². The molecule has 0 N–H and O–H groups in total. The number of para-hydroxylation sites is 1. The second-order valence-electron chi connectivity index (χ2n) is 7.61. The summed E-state index contributed by atoms with van der Waals surface area (Å²) in [6.07, 6.45) is 2.47. The van der Waals surface area contributed by atoms with Crippen LogP contribution in [0.2, 0.25) is 0 Å². The Morgan fingerprint density at radius 1 is 0.967 bits per heavy atom. The molecule has 1 aromatic heterocycles. The summed E-state index contributed by atoms with van der Waals surface area (Å²) in [5.74, 6) is 0.853. The first-order valence-corrected chi connectivity index (χ1v) is 10.3. The van der Waals surface area contributed by atoms with Gasteiger partial charge in [0.25, 0.3) is 5.91 Å². The van der Waals surface area contributed by atoms with Crippen LogP contribution < -0.4 is 4.74 Å². The fraction of sp³-hybridized carbons (Fsp3) is 0.280. The van der Waals surface area contributed by atoms with E-state index < -0.39 is 0 Å². The summed E-state index contributed by atoms with van der Waals surface area (Å²) in [5, 5.41) is 0. The van der Waals surface area contributed by atoms with E-state index in [0.717, 1.165) is 29.8 Å². The third-order valence-corrected chi connectivity index (χ3v) is 5.50. The van der Waals surface area contributed by atoms with Crippen molar-refractivity contribution in [2.75, 3.05) is 19.7 Å². The molecule has 3 aromatic rings. The second-order valence-corrected chi connectivity index (χ2v) is 7.61. The van der Waals surface area contributed by atoms with Gasteiger partial charge < -0.3 is 9.64 Å². The van der Waals surface area contributed by atoms with Gasteiger partial charge in [0.1, 0.15) is 11.6 Å². The maximum absolute atomic E-state index is 13.1. The molecule has 0 saturated carbocycles. The molecule has 30 heavy (non-hydrogen) atoms. The van der Waals surface area contributed by atoms with Crippen molar-refractivity contribution in [3.63, 3.8) is 0 Å². The van der Waals surface area contributed by atoms with Gasteiger partial charge in [-0.05, 0) is 54.8 Å². The van der Waals surface area contributed by atoms with Crippen LogP contribution in [0.4, 0.5) is 4.39 Å². The number of aromatic nitrogens is 1. The molecule has 1 aliphatic heterocycles. The quantitative estimate of drug-likeness (QED) is 0.603. The number of halogens is 1. The zero-order valence-corrected chi connectivity index (χ0v) is 16.8. The lowest BCUT2D eigenvalue weighted by atomic mass is 9.92. The highest BCUT2D eigenvalue weighted by molar-refractivity contribution is 5.77. The molecule has 4 rings (SSSR count). The summed E-state index contributed by atoms with van der Waals surface area (Å²) in [7, 11) is 0. The van der Waals surface area contributed by atoms with Crippen LogP contribution in [0.5, 0.6) is 5.75 Å². The number of carbonyl (C=O) groups is 1. The molecule has 2 heterocycles. The lowest BCUT2D eigenvalue weighted by Gasteiger charge is -2.31. The lowest BCUT2D eigenvalue weighted by Crippen LogP contribution is -2.40. The number of pyridine rings is 1. The van der Waals surface area contributed by atoms with Crippen LogP contribution in [-0.2, 0) is 11.2 Å². The van der Waals surface area contributed by atoms with Crippen molar-refractivity contribution < 1.29 is 13.9 Å². The fourth-order valence-electron chi connectivity index (χ4n) is 3.81. The van der Waals surface area contributed by atoms with Gasteiger partial charge in [-0.15, -0.1) is 0 Å². The molecule has 1 saturated heterocycles. The number of ether oxygens (including phenoxy) is 1. The summed E-state index contributed by atoms with van der Waals surface area (Å²) in [6, 6.07) is 22.1. The Balaban J connectivity index is 1.30. The van der Waals surface area contributed by atoms with Crippen molar-refractivity contribution in [1.29, 1.82) is 0 Å². The molecule has 0 aliphatic carbocycles. The summed E-state index contributed by atoms with van der Waals surface area (Å²) in [4.78, 5) is 19.2. The van der Waals surface area contributed by atoms with Crippen molar-refractivity contribution >= 4 is 5.91 Å². The molecule has 0 spiro atoms. The first-order chi connectivity index (χ1) is 14.7. The number of hydrogen-bond acceptors (Lipinski definition) is 3. The van der Waals surface area contributed by atoms with E-state index in [2.05, 4.69) is 6.07 Å². The molecule has 0 bridgehead atoms. The summed E-state index contributed by atoms with van der Waals surface area (Å²) in [5.41, 5.74) is 3.09. The summed E-state index contributed by atoms with van der Waals surface area (Å²) in [6.45, 7) is 1.50. The molecule has 0 radical (unpaired) electrons. The molecule has 1 aliphatic rings. The molecule has 2 aromatic carbocycles. The topological polar surface area (TPSA) is 42.4 Å². The number of rotatable bonds is 6. The first-order valence-electron chi connectivity index (χ1n) is 10.3. The SMILES string of the molecule is O=C(COc1ccccc1)N1CCC(c2cccc(Cc3ccc(F)cc3)n2)CC1. The fourth-order valence-corrected chi connectivity index (χ4v) is 3.81. The molecule has 0 atom stereocenters. The first kappa shape index (κ1) is 20.1. The highest BCUT2D eigenvalue weighted by Crippen LogP contribution is 2.27. The Morgan fingerprint density at radius 3 is 2.43 bits per heavy atom. The minimum absolute atomic E-state index is 0.0234. The predicted octanol–water partition coefficient (Wildman–Crippen LogP) is 4.60. The van der Waals surface area contributed by atoms with Gasteiger partial charge in [0.2, 0.25) is 0 Å². The monoisotopic (exact) mass is 404 g/mol. The maximum Gasteiger partial charge on any atom is 0.260 e. The molecular weight excluding hydrogens is 379 g/mol. The normalized spacial score (nSPS) is 14.5. The molecule has 5 heteroatoms. The number of piperidine rings is 1. The average Bonchev–Trinajstić information content (AvgIpc) is 2.80. The van der Waals surface area contributed by atoms with E-state index in [-0.39, 0.29) is 18.3 Å². The van der Waals surface area contributed by atoms with Crippen LogP contribution in [0.3, 0.4) is 0 Å².